The van der Waals surface area contributed by atoms with E-state index in [0.29, 0.717) is 0 Å². The Balaban J connectivity index is 2.03. The molecule has 0 aliphatic carbocycles. The van der Waals surface area contributed by atoms with Gasteiger partial charge in [-0.2, -0.15) is 0 Å². The number of piperidine rings is 1. The van der Waals surface area contributed by atoms with Crippen LogP contribution in [0, 0.1) is 0 Å². The van der Waals surface area contributed by atoms with Gasteiger partial charge >= 0.3 is 0 Å². The Hall–Kier alpha value is -0.800. The molecule has 1 aliphatic rings. The minimum atomic E-state index is 0.729. The van der Waals surface area contributed by atoms with E-state index in [1.165, 1.54) is 33.8 Å². The van der Waals surface area contributed by atoms with Gasteiger partial charge in [0.2, 0.25) is 0 Å². The SMILES string of the molecule is Cn1cc(Br)c2cc(C3CCNCC3)ccc21. The zero-order chi connectivity index (χ0) is 11.8. The molecule has 1 aromatic carbocycles. The summed E-state index contributed by atoms with van der Waals surface area (Å²) in [4.78, 5) is 0. The maximum atomic E-state index is 3.64. The van der Waals surface area contributed by atoms with Crippen molar-refractivity contribution in [2.75, 3.05) is 13.1 Å². The molecule has 0 spiro atoms. The van der Waals surface area contributed by atoms with Gasteiger partial charge < -0.3 is 9.88 Å². The Morgan fingerprint density at radius 3 is 2.82 bits per heavy atom. The molecule has 1 saturated heterocycles. The molecular weight excluding hydrogens is 276 g/mol. The number of aromatic nitrogens is 1. The summed E-state index contributed by atoms with van der Waals surface area (Å²) in [7, 11) is 2.09. The van der Waals surface area contributed by atoms with Crippen LogP contribution in [-0.4, -0.2) is 17.7 Å². The summed E-state index contributed by atoms with van der Waals surface area (Å²) in [6, 6.07) is 6.90. The van der Waals surface area contributed by atoms with Crippen molar-refractivity contribution in [3.63, 3.8) is 0 Å². The largest absolute Gasteiger partial charge is 0.349 e. The zero-order valence-electron chi connectivity index (χ0n) is 10.0. The molecule has 2 nitrogen and oxygen atoms in total. The van der Waals surface area contributed by atoms with Gasteiger partial charge in [-0.25, -0.2) is 0 Å². The van der Waals surface area contributed by atoms with E-state index in [2.05, 4.69) is 57.3 Å². The fourth-order valence-corrected chi connectivity index (χ4v) is 3.40. The molecule has 0 bridgehead atoms. The molecule has 1 aliphatic heterocycles. The molecule has 3 rings (SSSR count). The molecule has 2 aromatic rings. The summed E-state index contributed by atoms with van der Waals surface area (Å²) in [6.07, 6.45) is 4.66. The summed E-state index contributed by atoms with van der Waals surface area (Å²) < 4.78 is 3.37. The van der Waals surface area contributed by atoms with Gasteiger partial charge in [0.15, 0.2) is 0 Å². The number of aryl methyl sites for hydroxylation is 1. The van der Waals surface area contributed by atoms with Gasteiger partial charge in [0.1, 0.15) is 0 Å². The molecule has 1 fully saturated rings. The van der Waals surface area contributed by atoms with Crippen LogP contribution in [-0.2, 0) is 7.05 Å². The van der Waals surface area contributed by atoms with Gasteiger partial charge in [0, 0.05) is 28.6 Å². The first kappa shape index (κ1) is 11.3. The van der Waals surface area contributed by atoms with E-state index in [1.807, 2.05) is 0 Å². The third-order valence-electron chi connectivity index (χ3n) is 3.78. The Kier molecular flexibility index (Phi) is 2.97. The van der Waals surface area contributed by atoms with Crippen molar-refractivity contribution < 1.29 is 0 Å². The first-order valence-electron chi connectivity index (χ1n) is 6.21. The molecule has 17 heavy (non-hydrogen) atoms. The van der Waals surface area contributed by atoms with E-state index in [0.717, 1.165) is 19.0 Å². The molecule has 3 heteroatoms. The van der Waals surface area contributed by atoms with Crippen molar-refractivity contribution in [2.45, 2.75) is 18.8 Å². The third kappa shape index (κ3) is 2.02. The maximum absolute atomic E-state index is 3.64. The van der Waals surface area contributed by atoms with Crippen molar-refractivity contribution in [1.82, 2.24) is 9.88 Å². The first-order chi connectivity index (χ1) is 8.25. The van der Waals surface area contributed by atoms with E-state index >= 15 is 0 Å². The number of rotatable bonds is 1. The fraction of sp³-hybridized carbons (Fsp3) is 0.429. The average molecular weight is 293 g/mol. The monoisotopic (exact) mass is 292 g/mol. The van der Waals surface area contributed by atoms with E-state index in [-0.39, 0.29) is 0 Å². The molecular formula is C14H17BrN2. The lowest BCUT2D eigenvalue weighted by atomic mass is 9.90. The quantitative estimate of drug-likeness (QED) is 0.852. The minimum Gasteiger partial charge on any atom is -0.349 e. The van der Waals surface area contributed by atoms with Crippen LogP contribution in [0.3, 0.4) is 0 Å². The summed E-state index contributed by atoms with van der Waals surface area (Å²) in [5, 5.41) is 4.76. The third-order valence-corrected chi connectivity index (χ3v) is 4.41. The molecule has 1 aromatic heterocycles. The van der Waals surface area contributed by atoms with Crippen LogP contribution in [0.2, 0.25) is 0 Å². The molecule has 90 valence electrons. The summed E-state index contributed by atoms with van der Waals surface area (Å²) in [5.41, 5.74) is 2.79. The van der Waals surface area contributed by atoms with Gasteiger partial charge in [-0.05, 0) is 65.5 Å². The van der Waals surface area contributed by atoms with Gasteiger partial charge in [-0.1, -0.05) is 6.07 Å². The van der Waals surface area contributed by atoms with Gasteiger partial charge in [0.05, 0.1) is 0 Å². The second kappa shape index (κ2) is 4.46. The highest BCUT2D eigenvalue weighted by Gasteiger charge is 2.16. The van der Waals surface area contributed by atoms with Crippen LogP contribution in [0.5, 0.6) is 0 Å². The molecule has 0 atom stereocenters. The smallest absolute Gasteiger partial charge is 0.0489 e. The Morgan fingerprint density at radius 2 is 2.06 bits per heavy atom. The lowest BCUT2D eigenvalue weighted by Gasteiger charge is -2.23. The minimum absolute atomic E-state index is 0.729. The van der Waals surface area contributed by atoms with Crippen molar-refractivity contribution in [3.8, 4) is 0 Å². The lowest BCUT2D eigenvalue weighted by molar-refractivity contribution is 0.460. The summed E-state index contributed by atoms with van der Waals surface area (Å²) >= 11 is 3.64. The fourth-order valence-electron chi connectivity index (χ4n) is 2.77. The van der Waals surface area contributed by atoms with E-state index in [9.17, 15) is 0 Å². The zero-order valence-corrected chi connectivity index (χ0v) is 11.6. The predicted octanol–water partition coefficient (Wildman–Crippen LogP) is 3.41. The van der Waals surface area contributed by atoms with Crippen molar-refractivity contribution in [3.05, 3.63) is 34.4 Å². The van der Waals surface area contributed by atoms with Gasteiger partial charge in [-0.3, -0.25) is 0 Å². The predicted molar refractivity (Wildman–Crippen MR) is 75.5 cm³/mol. The molecule has 0 saturated carbocycles. The second-order valence-corrected chi connectivity index (χ2v) is 5.74. The van der Waals surface area contributed by atoms with E-state index in [1.54, 1.807) is 0 Å². The van der Waals surface area contributed by atoms with Crippen LogP contribution >= 0.6 is 15.9 Å². The Bertz CT molecular complexity index is 538. The number of benzene rings is 1. The van der Waals surface area contributed by atoms with E-state index < -0.39 is 0 Å². The normalized spacial score (nSPS) is 17.8. The van der Waals surface area contributed by atoms with Crippen LogP contribution in [0.15, 0.2) is 28.9 Å². The van der Waals surface area contributed by atoms with Crippen molar-refractivity contribution in [1.29, 1.82) is 0 Å². The number of halogens is 1. The summed E-state index contributed by atoms with van der Waals surface area (Å²) in [5.74, 6) is 0.729. The molecule has 1 N–H and O–H groups in total. The topological polar surface area (TPSA) is 17.0 Å². The Morgan fingerprint density at radius 1 is 1.29 bits per heavy atom. The lowest BCUT2D eigenvalue weighted by Crippen LogP contribution is -2.26. The van der Waals surface area contributed by atoms with Crippen LogP contribution in [0.1, 0.15) is 24.3 Å². The average Bonchev–Trinajstić information content (AvgIpc) is 2.66. The number of nitrogens with one attached hydrogen (secondary N) is 1. The van der Waals surface area contributed by atoms with Crippen molar-refractivity contribution in [2.24, 2.45) is 7.05 Å². The van der Waals surface area contributed by atoms with Crippen LogP contribution in [0.25, 0.3) is 10.9 Å². The standard InChI is InChI=1S/C14H17BrN2/c1-17-9-13(15)12-8-11(2-3-14(12)17)10-4-6-16-7-5-10/h2-3,8-10,16H,4-7H2,1H3. The summed E-state index contributed by atoms with van der Waals surface area (Å²) in [6.45, 7) is 2.30. The number of hydrogen-bond donors (Lipinski definition) is 1. The second-order valence-electron chi connectivity index (χ2n) is 4.89. The van der Waals surface area contributed by atoms with E-state index in [4.69, 9.17) is 0 Å². The molecule has 0 amide bonds. The van der Waals surface area contributed by atoms with Gasteiger partial charge in [0.25, 0.3) is 0 Å². The number of hydrogen-bond acceptors (Lipinski definition) is 1. The molecule has 0 radical (unpaired) electrons. The highest BCUT2D eigenvalue weighted by atomic mass is 79.9. The van der Waals surface area contributed by atoms with Crippen LogP contribution in [0.4, 0.5) is 0 Å². The van der Waals surface area contributed by atoms with Crippen LogP contribution < -0.4 is 5.32 Å². The first-order valence-corrected chi connectivity index (χ1v) is 7.00. The molecule has 0 unspecified atom stereocenters. The molecule has 2 heterocycles. The van der Waals surface area contributed by atoms with Crippen molar-refractivity contribution >= 4 is 26.8 Å². The van der Waals surface area contributed by atoms with Gasteiger partial charge in [-0.15, -0.1) is 0 Å². The Labute approximate surface area is 110 Å². The number of fused-ring (bicyclic) bond motifs is 1. The highest BCUT2D eigenvalue weighted by Crippen LogP contribution is 2.31. The maximum Gasteiger partial charge on any atom is 0.0489 e. The highest BCUT2D eigenvalue weighted by molar-refractivity contribution is 9.10. The number of nitrogens with zero attached hydrogens (tertiary/aromatic N) is 1.